The Balaban J connectivity index is 1.87. The van der Waals surface area contributed by atoms with Crippen molar-refractivity contribution < 1.29 is 9.59 Å². The third-order valence-corrected chi connectivity index (χ3v) is 7.10. The van der Waals surface area contributed by atoms with Crippen LogP contribution >= 0.6 is 35.0 Å². The van der Waals surface area contributed by atoms with Crippen molar-refractivity contribution in [3.8, 4) is 0 Å². The van der Waals surface area contributed by atoms with Crippen molar-refractivity contribution in [1.29, 1.82) is 0 Å². The average Bonchev–Trinajstić information content (AvgIpc) is 2.84. The van der Waals surface area contributed by atoms with E-state index in [4.69, 9.17) is 23.2 Å². The van der Waals surface area contributed by atoms with Gasteiger partial charge in [-0.05, 0) is 42.7 Å². The molecule has 0 unspecified atom stereocenters. The molecule has 35 heavy (non-hydrogen) atoms. The van der Waals surface area contributed by atoms with Crippen LogP contribution in [0.2, 0.25) is 10.0 Å². The monoisotopic (exact) mass is 528 g/mol. The van der Waals surface area contributed by atoms with Crippen molar-refractivity contribution in [3.05, 3.63) is 106 Å². The van der Waals surface area contributed by atoms with Crippen LogP contribution in [0.5, 0.6) is 0 Å². The molecule has 0 aliphatic carbocycles. The number of carbonyl (C=O) groups is 2. The molecule has 0 saturated heterocycles. The second-order valence-electron chi connectivity index (χ2n) is 8.62. The molecule has 0 heterocycles. The van der Waals surface area contributed by atoms with Crippen LogP contribution in [0.1, 0.15) is 30.5 Å². The molecule has 3 rings (SSSR count). The summed E-state index contributed by atoms with van der Waals surface area (Å²) >= 11 is 13.9. The molecule has 0 bridgehead atoms. The van der Waals surface area contributed by atoms with Gasteiger partial charge in [0.15, 0.2) is 0 Å². The highest BCUT2D eigenvalue weighted by Gasteiger charge is 2.30. The van der Waals surface area contributed by atoms with Gasteiger partial charge in [-0.2, -0.15) is 0 Å². The van der Waals surface area contributed by atoms with Gasteiger partial charge in [0.1, 0.15) is 6.04 Å². The fourth-order valence-corrected chi connectivity index (χ4v) is 4.87. The molecule has 0 fully saturated rings. The Morgan fingerprint density at radius 3 is 2.09 bits per heavy atom. The van der Waals surface area contributed by atoms with Crippen LogP contribution in [0.3, 0.4) is 0 Å². The van der Waals surface area contributed by atoms with Gasteiger partial charge >= 0.3 is 0 Å². The van der Waals surface area contributed by atoms with Gasteiger partial charge in [0, 0.05) is 24.8 Å². The Morgan fingerprint density at radius 1 is 0.857 bits per heavy atom. The predicted octanol–water partition coefficient (Wildman–Crippen LogP) is 6.39. The first-order chi connectivity index (χ1) is 16.8. The van der Waals surface area contributed by atoms with Crippen molar-refractivity contribution in [2.45, 2.75) is 44.6 Å². The van der Waals surface area contributed by atoms with Crippen molar-refractivity contribution in [3.63, 3.8) is 0 Å². The Kier molecular flexibility index (Phi) is 10.5. The smallest absolute Gasteiger partial charge is 0.243 e. The molecule has 2 amide bonds. The largest absolute Gasteiger partial charge is 0.352 e. The lowest BCUT2D eigenvalue weighted by molar-refractivity contribution is -0.139. The number of nitrogens with zero attached hydrogens (tertiary/aromatic N) is 1. The molecule has 0 spiro atoms. The van der Waals surface area contributed by atoms with Gasteiger partial charge in [-0.15, -0.1) is 11.8 Å². The number of amides is 2. The topological polar surface area (TPSA) is 49.4 Å². The highest BCUT2D eigenvalue weighted by atomic mass is 35.5. The minimum Gasteiger partial charge on any atom is -0.352 e. The lowest BCUT2D eigenvalue weighted by Gasteiger charge is -2.32. The SMILES string of the molecule is CC(C)NC(=O)[C@@H](Cc1ccccc1)N(Cc1ccc(Cl)c(Cl)c1)C(=O)CSCc1ccccc1. The van der Waals surface area contributed by atoms with Crippen LogP contribution in [0.4, 0.5) is 0 Å². The summed E-state index contributed by atoms with van der Waals surface area (Å²) in [6.07, 6.45) is 0.413. The number of hydrogen-bond acceptors (Lipinski definition) is 3. The Hall–Kier alpha value is -2.47. The second kappa shape index (κ2) is 13.6. The molecule has 1 atom stereocenters. The van der Waals surface area contributed by atoms with Crippen molar-refractivity contribution >= 4 is 46.8 Å². The summed E-state index contributed by atoms with van der Waals surface area (Å²) in [6.45, 7) is 4.08. The van der Waals surface area contributed by atoms with E-state index in [2.05, 4.69) is 5.32 Å². The maximum Gasteiger partial charge on any atom is 0.243 e. The van der Waals surface area contributed by atoms with E-state index in [9.17, 15) is 9.59 Å². The van der Waals surface area contributed by atoms with Gasteiger partial charge in [-0.1, -0.05) is 89.9 Å². The lowest BCUT2D eigenvalue weighted by Crippen LogP contribution is -2.52. The summed E-state index contributed by atoms with van der Waals surface area (Å²) in [4.78, 5) is 28.6. The van der Waals surface area contributed by atoms with Gasteiger partial charge in [-0.3, -0.25) is 9.59 Å². The second-order valence-corrected chi connectivity index (χ2v) is 10.4. The Morgan fingerprint density at radius 2 is 1.49 bits per heavy atom. The van der Waals surface area contributed by atoms with E-state index in [0.717, 1.165) is 16.7 Å². The number of benzene rings is 3. The summed E-state index contributed by atoms with van der Waals surface area (Å²) < 4.78 is 0. The van der Waals surface area contributed by atoms with E-state index >= 15 is 0 Å². The zero-order valence-corrected chi connectivity index (χ0v) is 22.2. The number of rotatable bonds is 11. The normalized spacial score (nSPS) is 11.8. The molecule has 184 valence electrons. The van der Waals surface area contributed by atoms with Crippen LogP contribution in [0, 0.1) is 0 Å². The van der Waals surface area contributed by atoms with E-state index in [-0.39, 0.29) is 30.2 Å². The number of carbonyl (C=O) groups excluding carboxylic acids is 2. The van der Waals surface area contributed by atoms with E-state index in [1.165, 1.54) is 11.8 Å². The molecule has 1 N–H and O–H groups in total. The first-order valence-corrected chi connectivity index (χ1v) is 13.4. The Labute approximate surface area is 222 Å². The van der Waals surface area contributed by atoms with Gasteiger partial charge in [0.25, 0.3) is 0 Å². The fourth-order valence-electron chi connectivity index (χ4n) is 3.68. The van der Waals surface area contributed by atoms with Crippen molar-refractivity contribution in [1.82, 2.24) is 10.2 Å². The van der Waals surface area contributed by atoms with Crippen LogP contribution < -0.4 is 5.32 Å². The highest BCUT2D eigenvalue weighted by Crippen LogP contribution is 2.25. The molecular formula is C28H30Cl2N2O2S. The minimum absolute atomic E-state index is 0.0462. The number of nitrogens with one attached hydrogen (secondary N) is 1. The number of halogens is 2. The Bertz CT molecular complexity index is 1110. The van der Waals surface area contributed by atoms with Gasteiger partial charge in [0.05, 0.1) is 15.8 Å². The van der Waals surface area contributed by atoms with E-state index in [1.807, 2.05) is 80.6 Å². The molecule has 0 aliphatic rings. The van der Waals surface area contributed by atoms with Gasteiger partial charge < -0.3 is 10.2 Å². The summed E-state index contributed by atoms with van der Waals surface area (Å²) in [6, 6.07) is 24.4. The molecule has 0 radical (unpaired) electrons. The molecule has 3 aromatic rings. The maximum atomic E-state index is 13.6. The van der Waals surface area contributed by atoms with Crippen molar-refractivity contribution in [2.24, 2.45) is 0 Å². The highest BCUT2D eigenvalue weighted by molar-refractivity contribution is 7.99. The van der Waals surface area contributed by atoms with Gasteiger partial charge in [0.2, 0.25) is 11.8 Å². The summed E-state index contributed by atoms with van der Waals surface area (Å²) in [5, 5.41) is 3.87. The number of thioether (sulfide) groups is 1. The third kappa shape index (κ3) is 8.60. The molecule has 0 saturated carbocycles. The molecule has 3 aromatic carbocycles. The molecule has 0 aliphatic heterocycles. The predicted molar refractivity (Wildman–Crippen MR) is 147 cm³/mol. The zero-order chi connectivity index (χ0) is 25.2. The van der Waals surface area contributed by atoms with E-state index < -0.39 is 6.04 Å². The van der Waals surface area contributed by atoms with E-state index in [0.29, 0.717) is 22.2 Å². The molecular weight excluding hydrogens is 499 g/mol. The minimum atomic E-state index is -0.668. The lowest BCUT2D eigenvalue weighted by atomic mass is 10.0. The summed E-state index contributed by atoms with van der Waals surface area (Å²) in [5.74, 6) is 0.702. The standard InChI is InChI=1S/C28H30Cl2N2O2S/c1-20(2)31-28(34)26(16-21-9-5-3-6-10-21)32(17-23-13-14-24(29)25(30)15-23)27(33)19-35-18-22-11-7-4-8-12-22/h3-15,20,26H,16-19H2,1-2H3,(H,31,34)/t26-/m1/s1. The zero-order valence-electron chi connectivity index (χ0n) is 19.9. The van der Waals surface area contributed by atoms with E-state index in [1.54, 1.807) is 17.0 Å². The van der Waals surface area contributed by atoms with Crippen molar-refractivity contribution in [2.75, 3.05) is 5.75 Å². The molecule has 0 aromatic heterocycles. The maximum absolute atomic E-state index is 13.6. The van der Waals surface area contributed by atoms with Gasteiger partial charge in [-0.25, -0.2) is 0 Å². The third-order valence-electron chi connectivity index (χ3n) is 5.38. The molecule has 4 nitrogen and oxygen atoms in total. The average molecular weight is 530 g/mol. The number of hydrogen-bond donors (Lipinski definition) is 1. The van der Waals surface area contributed by atoms with Crippen LogP contribution in [-0.2, 0) is 28.3 Å². The summed E-state index contributed by atoms with van der Waals surface area (Å²) in [7, 11) is 0. The summed E-state index contributed by atoms with van der Waals surface area (Å²) in [5.41, 5.74) is 2.95. The van der Waals surface area contributed by atoms with Crippen LogP contribution in [-0.4, -0.2) is 34.6 Å². The van der Waals surface area contributed by atoms with Crippen LogP contribution in [0.25, 0.3) is 0 Å². The van der Waals surface area contributed by atoms with Crippen LogP contribution in [0.15, 0.2) is 78.9 Å². The quantitative estimate of drug-likeness (QED) is 0.313. The fraction of sp³-hybridized carbons (Fsp3) is 0.286. The molecule has 7 heteroatoms. The first kappa shape index (κ1) is 27.1. The first-order valence-electron chi connectivity index (χ1n) is 11.5.